The Morgan fingerprint density at radius 2 is 1.83 bits per heavy atom. The van der Waals surface area contributed by atoms with E-state index in [0.717, 1.165) is 17.7 Å². The number of thiophene rings is 1. The second kappa shape index (κ2) is 12.2. The highest BCUT2D eigenvalue weighted by Crippen LogP contribution is 2.34. The molecular weight excluding hydrogens is 472 g/mol. The third-order valence-corrected chi connectivity index (χ3v) is 7.57. The molecule has 36 heavy (non-hydrogen) atoms. The Morgan fingerprint density at radius 3 is 2.53 bits per heavy atom. The van der Waals surface area contributed by atoms with Crippen molar-refractivity contribution in [1.29, 1.82) is 0 Å². The molecule has 2 heterocycles. The molecule has 1 aromatic heterocycles. The minimum absolute atomic E-state index is 0.00383. The zero-order chi connectivity index (χ0) is 25.5. The van der Waals surface area contributed by atoms with Crippen LogP contribution >= 0.6 is 11.3 Å². The summed E-state index contributed by atoms with van der Waals surface area (Å²) in [5.41, 5.74) is 2.96. The van der Waals surface area contributed by atoms with E-state index in [0.29, 0.717) is 37.8 Å². The fourth-order valence-electron chi connectivity index (χ4n) is 4.47. The van der Waals surface area contributed by atoms with E-state index in [1.54, 1.807) is 35.5 Å². The van der Waals surface area contributed by atoms with Gasteiger partial charge in [-0.15, -0.1) is 11.3 Å². The molecule has 1 aliphatic rings. The summed E-state index contributed by atoms with van der Waals surface area (Å²) in [5, 5.41) is 2.08. The molecule has 0 saturated heterocycles. The zero-order valence-electron chi connectivity index (χ0n) is 21.2. The van der Waals surface area contributed by atoms with Crippen molar-refractivity contribution in [2.45, 2.75) is 32.2 Å². The van der Waals surface area contributed by atoms with Gasteiger partial charge in [0.2, 0.25) is 5.91 Å². The van der Waals surface area contributed by atoms with Crippen molar-refractivity contribution in [1.82, 2.24) is 9.80 Å². The Kier molecular flexibility index (Phi) is 8.78. The van der Waals surface area contributed by atoms with E-state index in [9.17, 15) is 9.59 Å². The van der Waals surface area contributed by atoms with Gasteiger partial charge >= 0.3 is 0 Å². The SMILES string of the molecule is COCCN(CC(=O)N1CCc2sccc2[C@H]1COc1ccc(C(C)C)cc1)C(=O)c1ccccc1. The highest BCUT2D eigenvalue weighted by atomic mass is 32.1. The van der Waals surface area contributed by atoms with E-state index in [-0.39, 0.29) is 24.4 Å². The smallest absolute Gasteiger partial charge is 0.254 e. The molecule has 1 atom stereocenters. The molecule has 0 aliphatic carbocycles. The van der Waals surface area contributed by atoms with Crippen LogP contribution in [0.5, 0.6) is 5.75 Å². The van der Waals surface area contributed by atoms with Crippen molar-refractivity contribution in [3.05, 3.63) is 87.6 Å². The first-order chi connectivity index (χ1) is 17.5. The summed E-state index contributed by atoms with van der Waals surface area (Å²) in [5.74, 6) is 0.983. The maximum atomic E-state index is 13.6. The maximum Gasteiger partial charge on any atom is 0.254 e. The number of carbonyl (C=O) groups excluding carboxylic acids is 2. The maximum absolute atomic E-state index is 13.6. The van der Waals surface area contributed by atoms with Crippen LogP contribution in [0.2, 0.25) is 0 Å². The molecular formula is C29H34N2O4S. The fourth-order valence-corrected chi connectivity index (χ4v) is 5.40. The molecule has 0 N–H and O–H groups in total. The summed E-state index contributed by atoms with van der Waals surface area (Å²) in [7, 11) is 1.59. The first-order valence-electron chi connectivity index (χ1n) is 12.4. The molecule has 0 radical (unpaired) electrons. The number of hydrogen-bond acceptors (Lipinski definition) is 5. The molecule has 6 nitrogen and oxygen atoms in total. The molecule has 0 saturated carbocycles. The second-order valence-electron chi connectivity index (χ2n) is 9.27. The topological polar surface area (TPSA) is 59.1 Å². The number of nitrogens with zero attached hydrogens (tertiary/aromatic N) is 2. The number of methoxy groups -OCH3 is 1. The van der Waals surface area contributed by atoms with Gasteiger partial charge in [-0.1, -0.05) is 44.2 Å². The second-order valence-corrected chi connectivity index (χ2v) is 10.3. The van der Waals surface area contributed by atoms with Gasteiger partial charge in [0.15, 0.2) is 0 Å². The van der Waals surface area contributed by atoms with Crippen LogP contribution in [0.1, 0.15) is 52.2 Å². The van der Waals surface area contributed by atoms with Crippen LogP contribution in [0.3, 0.4) is 0 Å². The summed E-state index contributed by atoms with van der Waals surface area (Å²) in [6, 6.07) is 19.1. The quantitative estimate of drug-likeness (QED) is 0.381. The number of fused-ring (bicyclic) bond motifs is 1. The fraction of sp³-hybridized carbons (Fsp3) is 0.379. The van der Waals surface area contributed by atoms with Gasteiger partial charge in [0.05, 0.1) is 12.6 Å². The van der Waals surface area contributed by atoms with Gasteiger partial charge in [0.1, 0.15) is 18.9 Å². The summed E-state index contributed by atoms with van der Waals surface area (Å²) in [6.07, 6.45) is 0.809. The van der Waals surface area contributed by atoms with Crippen molar-refractivity contribution in [3.8, 4) is 5.75 Å². The van der Waals surface area contributed by atoms with Crippen molar-refractivity contribution in [2.75, 3.05) is 40.0 Å². The van der Waals surface area contributed by atoms with Gasteiger partial charge in [-0.05, 0) is 59.2 Å². The van der Waals surface area contributed by atoms with Gasteiger partial charge in [0, 0.05) is 30.6 Å². The summed E-state index contributed by atoms with van der Waals surface area (Å²) < 4.78 is 11.4. The number of rotatable bonds is 10. The lowest BCUT2D eigenvalue weighted by Gasteiger charge is -2.37. The number of hydrogen-bond donors (Lipinski definition) is 0. The summed E-state index contributed by atoms with van der Waals surface area (Å²) in [6.45, 7) is 5.99. The number of carbonyl (C=O) groups is 2. The Balaban J connectivity index is 1.50. The lowest BCUT2D eigenvalue weighted by atomic mass is 10.00. The number of ether oxygens (including phenoxy) is 2. The van der Waals surface area contributed by atoms with Crippen molar-refractivity contribution in [2.24, 2.45) is 0 Å². The highest BCUT2D eigenvalue weighted by molar-refractivity contribution is 7.10. The van der Waals surface area contributed by atoms with E-state index in [1.807, 2.05) is 35.2 Å². The molecule has 2 amide bonds. The van der Waals surface area contributed by atoms with Crippen LogP contribution in [-0.4, -0.2) is 61.6 Å². The molecule has 2 aromatic carbocycles. The van der Waals surface area contributed by atoms with Gasteiger partial charge < -0.3 is 19.3 Å². The van der Waals surface area contributed by atoms with Gasteiger partial charge in [-0.3, -0.25) is 9.59 Å². The van der Waals surface area contributed by atoms with Crippen molar-refractivity contribution in [3.63, 3.8) is 0 Å². The minimum Gasteiger partial charge on any atom is -0.491 e. The Bertz CT molecular complexity index is 1140. The molecule has 3 aromatic rings. The third kappa shape index (κ3) is 6.15. The Labute approximate surface area is 217 Å². The predicted molar refractivity (Wildman–Crippen MR) is 143 cm³/mol. The molecule has 0 spiro atoms. The van der Waals surface area contributed by atoms with Crippen LogP contribution in [0, 0.1) is 0 Å². The third-order valence-electron chi connectivity index (χ3n) is 6.57. The number of benzene rings is 2. The molecule has 0 unspecified atom stereocenters. The molecule has 7 heteroatoms. The van der Waals surface area contributed by atoms with Crippen LogP contribution < -0.4 is 4.74 Å². The van der Waals surface area contributed by atoms with Gasteiger partial charge in [-0.2, -0.15) is 0 Å². The molecule has 190 valence electrons. The first-order valence-corrected chi connectivity index (χ1v) is 13.3. The Hall–Kier alpha value is -3.16. The van der Waals surface area contributed by atoms with Gasteiger partial charge in [0.25, 0.3) is 5.91 Å². The number of amides is 2. The molecule has 4 rings (SSSR count). The van der Waals surface area contributed by atoms with Crippen molar-refractivity contribution >= 4 is 23.2 Å². The lowest BCUT2D eigenvalue weighted by Crippen LogP contribution is -2.48. The Morgan fingerprint density at radius 1 is 1.08 bits per heavy atom. The molecule has 0 fully saturated rings. The van der Waals surface area contributed by atoms with E-state index in [1.165, 1.54) is 10.4 Å². The van der Waals surface area contributed by atoms with Crippen molar-refractivity contribution < 1.29 is 19.1 Å². The average molecular weight is 507 g/mol. The average Bonchev–Trinajstić information content (AvgIpc) is 3.39. The lowest BCUT2D eigenvalue weighted by molar-refractivity contribution is -0.135. The van der Waals surface area contributed by atoms with Crippen LogP contribution in [0.4, 0.5) is 0 Å². The summed E-state index contributed by atoms with van der Waals surface area (Å²) in [4.78, 5) is 31.5. The van der Waals surface area contributed by atoms with E-state index in [4.69, 9.17) is 9.47 Å². The molecule has 1 aliphatic heterocycles. The minimum atomic E-state index is -0.201. The van der Waals surface area contributed by atoms with Crippen LogP contribution in [0.15, 0.2) is 66.0 Å². The monoisotopic (exact) mass is 506 g/mol. The predicted octanol–water partition coefficient (Wildman–Crippen LogP) is 5.17. The highest BCUT2D eigenvalue weighted by Gasteiger charge is 2.33. The van der Waals surface area contributed by atoms with Crippen LogP contribution in [-0.2, 0) is 16.0 Å². The zero-order valence-corrected chi connectivity index (χ0v) is 22.0. The largest absolute Gasteiger partial charge is 0.491 e. The molecule has 0 bridgehead atoms. The van der Waals surface area contributed by atoms with Gasteiger partial charge in [-0.25, -0.2) is 0 Å². The summed E-state index contributed by atoms with van der Waals surface area (Å²) >= 11 is 1.72. The standard InChI is InChI=1S/C29H34N2O4S/c1-21(2)22-9-11-24(12-10-22)35-20-26-25-14-18-36-27(25)13-15-31(26)28(32)19-30(16-17-34-3)29(33)23-7-5-4-6-8-23/h4-12,14,18,21,26H,13,15-17,19-20H2,1-3H3/t26-/m1/s1. The normalized spacial score (nSPS) is 15.0. The van der Waals surface area contributed by atoms with Crippen LogP contribution in [0.25, 0.3) is 0 Å². The van der Waals surface area contributed by atoms with E-state index >= 15 is 0 Å². The first kappa shape index (κ1) is 25.9. The van der Waals surface area contributed by atoms with E-state index < -0.39 is 0 Å². The van der Waals surface area contributed by atoms with E-state index in [2.05, 4.69) is 37.4 Å².